The second-order valence-electron chi connectivity index (χ2n) is 3.36. The summed E-state index contributed by atoms with van der Waals surface area (Å²) in [6.07, 6.45) is 2.63. The zero-order valence-electron chi connectivity index (χ0n) is 9.95. The molecule has 0 bridgehead atoms. The number of carbonyl (C=O) groups is 1. The van der Waals surface area contributed by atoms with E-state index in [2.05, 4.69) is 9.84 Å². The number of aromatic nitrogens is 2. The van der Waals surface area contributed by atoms with Crippen LogP contribution in [0.1, 0.15) is 6.92 Å². The highest BCUT2D eigenvalue weighted by Gasteiger charge is 2.26. The van der Waals surface area contributed by atoms with Crippen molar-refractivity contribution in [2.45, 2.75) is 11.8 Å². The molecule has 0 aliphatic rings. The lowest BCUT2D eigenvalue weighted by Gasteiger charge is -2.17. The minimum absolute atomic E-state index is 0.0609. The van der Waals surface area contributed by atoms with Crippen molar-refractivity contribution >= 4 is 16.0 Å². The lowest BCUT2D eigenvalue weighted by atomic mass is 10.6. The molecule has 0 fully saturated rings. The van der Waals surface area contributed by atoms with Gasteiger partial charge in [-0.3, -0.25) is 9.48 Å². The lowest BCUT2D eigenvalue weighted by molar-refractivity contribution is -0.140. The van der Waals surface area contributed by atoms with Gasteiger partial charge >= 0.3 is 5.97 Å². The molecule has 1 aromatic rings. The van der Waals surface area contributed by atoms with E-state index in [0.717, 1.165) is 4.31 Å². The number of aryl methyl sites for hydroxylation is 1. The van der Waals surface area contributed by atoms with E-state index in [-0.39, 0.29) is 18.0 Å². The number of hydrogen-bond donors (Lipinski definition) is 0. The number of rotatable bonds is 5. The van der Waals surface area contributed by atoms with Crippen LogP contribution in [-0.4, -0.2) is 48.7 Å². The van der Waals surface area contributed by atoms with Crippen molar-refractivity contribution in [3.63, 3.8) is 0 Å². The molecule has 0 saturated heterocycles. The van der Waals surface area contributed by atoms with Crippen molar-refractivity contribution in [2.75, 3.05) is 20.2 Å². The summed E-state index contributed by atoms with van der Waals surface area (Å²) in [6, 6.07) is 0. The van der Waals surface area contributed by atoms with E-state index in [1.54, 1.807) is 14.0 Å². The molecule has 1 aromatic heterocycles. The largest absolute Gasteiger partial charge is 0.468 e. The van der Waals surface area contributed by atoms with Crippen LogP contribution in [0.2, 0.25) is 0 Å². The summed E-state index contributed by atoms with van der Waals surface area (Å²) in [5.41, 5.74) is 0. The van der Waals surface area contributed by atoms with Gasteiger partial charge in [0.15, 0.2) is 0 Å². The summed E-state index contributed by atoms with van der Waals surface area (Å²) < 4.78 is 31.1. The second-order valence-corrected chi connectivity index (χ2v) is 5.29. The first-order valence-electron chi connectivity index (χ1n) is 4.97. The molecule has 7 nitrogen and oxygen atoms in total. The molecule has 0 amide bonds. The first-order chi connectivity index (χ1) is 7.91. The minimum Gasteiger partial charge on any atom is -0.468 e. The lowest BCUT2D eigenvalue weighted by Crippen LogP contribution is -2.35. The molecule has 1 heterocycles. The van der Waals surface area contributed by atoms with Gasteiger partial charge in [0, 0.05) is 19.8 Å². The zero-order valence-corrected chi connectivity index (χ0v) is 10.8. The molecular weight excluding hydrogens is 246 g/mol. The summed E-state index contributed by atoms with van der Waals surface area (Å²) in [4.78, 5) is 11.2. The number of carbonyl (C=O) groups excluding carboxylic acids is 1. The van der Waals surface area contributed by atoms with Crippen molar-refractivity contribution in [1.82, 2.24) is 14.1 Å². The van der Waals surface area contributed by atoms with Gasteiger partial charge < -0.3 is 4.74 Å². The summed E-state index contributed by atoms with van der Waals surface area (Å²) in [7, 11) is -0.851. The van der Waals surface area contributed by atoms with Gasteiger partial charge in [-0.1, -0.05) is 6.92 Å². The Morgan fingerprint density at radius 3 is 2.65 bits per heavy atom. The Morgan fingerprint density at radius 2 is 2.24 bits per heavy atom. The maximum absolute atomic E-state index is 12.1. The van der Waals surface area contributed by atoms with E-state index in [1.165, 1.54) is 24.2 Å². The van der Waals surface area contributed by atoms with E-state index >= 15 is 0 Å². The quantitative estimate of drug-likeness (QED) is 0.674. The number of likely N-dealkylation sites (N-methyl/N-ethyl adjacent to an activating group) is 1. The molecule has 1 rings (SSSR count). The average molecular weight is 261 g/mol. The predicted octanol–water partition coefficient (Wildman–Crippen LogP) is -0.396. The van der Waals surface area contributed by atoms with Gasteiger partial charge in [-0.25, -0.2) is 8.42 Å². The number of sulfonamides is 1. The van der Waals surface area contributed by atoms with Crippen LogP contribution in [0.3, 0.4) is 0 Å². The molecule has 0 aliphatic carbocycles. The molecular formula is C9H15N3O4S. The number of methoxy groups -OCH3 is 1. The highest BCUT2D eigenvalue weighted by atomic mass is 32.2. The molecule has 96 valence electrons. The molecule has 0 atom stereocenters. The van der Waals surface area contributed by atoms with Crippen LogP contribution in [0.4, 0.5) is 0 Å². The maximum Gasteiger partial charge on any atom is 0.321 e. The molecule has 8 heteroatoms. The van der Waals surface area contributed by atoms with Gasteiger partial charge in [-0.05, 0) is 0 Å². The van der Waals surface area contributed by atoms with Crippen molar-refractivity contribution in [1.29, 1.82) is 0 Å². The van der Waals surface area contributed by atoms with Gasteiger partial charge in [-0.15, -0.1) is 0 Å². The number of ether oxygens (including phenoxy) is 1. The first-order valence-corrected chi connectivity index (χ1v) is 6.41. The maximum atomic E-state index is 12.1. The van der Waals surface area contributed by atoms with Crippen LogP contribution >= 0.6 is 0 Å². The third-order valence-corrected chi connectivity index (χ3v) is 4.08. The number of esters is 1. The van der Waals surface area contributed by atoms with Crippen LogP contribution in [-0.2, 0) is 26.6 Å². The summed E-state index contributed by atoms with van der Waals surface area (Å²) >= 11 is 0. The van der Waals surface area contributed by atoms with Crippen molar-refractivity contribution in [3.05, 3.63) is 12.4 Å². The molecule has 0 N–H and O–H groups in total. The fourth-order valence-corrected chi connectivity index (χ4v) is 2.64. The highest BCUT2D eigenvalue weighted by molar-refractivity contribution is 7.89. The van der Waals surface area contributed by atoms with Crippen LogP contribution in [0.5, 0.6) is 0 Å². The van der Waals surface area contributed by atoms with Gasteiger partial charge in [0.2, 0.25) is 10.0 Å². The normalized spacial score (nSPS) is 11.8. The number of hydrogen-bond acceptors (Lipinski definition) is 5. The third kappa shape index (κ3) is 3.04. The van der Waals surface area contributed by atoms with Crippen LogP contribution < -0.4 is 0 Å². The summed E-state index contributed by atoms with van der Waals surface area (Å²) in [5, 5.41) is 3.79. The van der Waals surface area contributed by atoms with E-state index in [4.69, 9.17) is 0 Å². The van der Waals surface area contributed by atoms with Crippen LogP contribution in [0, 0.1) is 0 Å². The van der Waals surface area contributed by atoms with Crippen molar-refractivity contribution < 1.29 is 17.9 Å². The topological polar surface area (TPSA) is 81.5 Å². The van der Waals surface area contributed by atoms with Gasteiger partial charge in [-0.2, -0.15) is 9.40 Å². The number of nitrogens with zero attached hydrogens (tertiary/aromatic N) is 3. The summed E-state index contributed by atoms with van der Waals surface area (Å²) in [5.74, 6) is -0.598. The van der Waals surface area contributed by atoms with Gasteiger partial charge in [0.1, 0.15) is 11.4 Å². The van der Waals surface area contributed by atoms with E-state index in [1.807, 2.05) is 0 Å². The van der Waals surface area contributed by atoms with Crippen molar-refractivity contribution in [3.8, 4) is 0 Å². The van der Waals surface area contributed by atoms with Crippen LogP contribution in [0.15, 0.2) is 17.3 Å². The molecule has 0 radical (unpaired) electrons. The highest BCUT2D eigenvalue weighted by Crippen LogP contribution is 2.13. The van der Waals surface area contributed by atoms with Crippen LogP contribution in [0.25, 0.3) is 0 Å². The Morgan fingerprint density at radius 1 is 1.59 bits per heavy atom. The van der Waals surface area contributed by atoms with Gasteiger partial charge in [0.05, 0.1) is 13.3 Å². The second kappa shape index (κ2) is 5.28. The Hall–Kier alpha value is -1.41. The van der Waals surface area contributed by atoms with Crippen molar-refractivity contribution in [2.24, 2.45) is 7.05 Å². The molecule has 0 aliphatic heterocycles. The molecule has 17 heavy (non-hydrogen) atoms. The molecule has 0 unspecified atom stereocenters. The standard InChI is InChI=1S/C9H15N3O4S/c1-4-12(7-9(13)16-3)17(14,15)8-5-10-11(2)6-8/h5-6H,4,7H2,1-3H3. The van der Waals surface area contributed by atoms with Gasteiger partial charge in [0.25, 0.3) is 0 Å². The van der Waals surface area contributed by atoms with E-state index in [9.17, 15) is 13.2 Å². The smallest absolute Gasteiger partial charge is 0.321 e. The average Bonchev–Trinajstić information content (AvgIpc) is 2.72. The monoisotopic (exact) mass is 261 g/mol. The molecule has 0 aromatic carbocycles. The predicted molar refractivity (Wildman–Crippen MR) is 59.7 cm³/mol. The minimum atomic E-state index is -3.69. The Balaban J connectivity index is 2.98. The Labute approximate surface area is 100 Å². The first kappa shape index (κ1) is 13.7. The molecule has 0 saturated carbocycles. The van der Waals surface area contributed by atoms with E-state index in [0.29, 0.717) is 0 Å². The third-order valence-electron chi connectivity index (χ3n) is 2.20. The Bertz CT molecular complexity index is 494. The van der Waals surface area contributed by atoms with E-state index < -0.39 is 16.0 Å². The zero-order chi connectivity index (χ0) is 13.1. The fraction of sp³-hybridized carbons (Fsp3) is 0.556. The Kier molecular flexibility index (Phi) is 4.24. The summed E-state index contributed by atoms with van der Waals surface area (Å²) in [6.45, 7) is 1.54. The fourth-order valence-electron chi connectivity index (χ4n) is 1.26. The SMILES string of the molecule is CCN(CC(=O)OC)S(=O)(=O)c1cnn(C)c1. The molecule has 0 spiro atoms.